The van der Waals surface area contributed by atoms with Crippen molar-refractivity contribution in [2.75, 3.05) is 13.1 Å². The maximum atomic E-state index is 4.79. The summed E-state index contributed by atoms with van der Waals surface area (Å²) in [5.41, 5.74) is 1.52. The van der Waals surface area contributed by atoms with Crippen LogP contribution in [0.1, 0.15) is 52.2 Å². The fourth-order valence-electron chi connectivity index (χ4n) is 2.53. The number of aliphatic imine (C=N–C) groups is 1. The normalized spacial score (nSPS) is 20.3. The monoisotopic (exact) mass is 308 g/mol. The van der Waals surface area contributed by atoms with Gasteiger partial charge in [0, 0.05) is 29.4 Å². The number of aryl methyl sites for hydroxylation is 1. The number of thiazole rings is 1. The third-order valence-corrected chi connectivity index (χ3v) is 5.81. The van der Waals surface area contributed by atoms with Crippen molar-refractivity contribution in [2.45, 2.75) is 60.0 Å². The lowest BCUT2D eigenvalue weighted by molar-refractivity contribution is -0.0667. The van der Waals surface area contributed by atoms with Gasteiger partial charge in [0.15, 0.2) is 5.96 Å². The Morgan fingerprint density at radius 1 is 1.38 bits per heavy atom. The van der Waals surface area contributed by atoms with Gasteiger partial charge < -0.3 is 10.2 Å². The molecule has 5 heteroatoms. The van der Waals surface area contributed by atoms with Crippen molar-refractivity contribution in [3.8, 4) is 0 Å². The molecular formula is C16H28N4S. The highest BCUT2D eigenvalue weighted by atomic mass is 32.1. The van der Waals surface area contributed by atoms with Crippen molar-refractivity contribution in [1.82, 2.24) is 15.2 Å². The van der Waals surface area contributed by atoms with E-state index in [-0.39, 0.29) is 5.54 Å². The maximum Gasteiger partial charge on any atom is 0.194 e. The predicted molar refractivity (Wildman–Crippen MR) is 90.9 cm³/mol. The largest absolute Gasteiger partial charge is 0.356 e. The molecule has 0 aliphatic carbocycles. The molecule has 1 saturated heterocycles. The van der Waals surface area contributed by atoms with Gasteiger partial charge in [-0.25, -0.2) is 9.98 Å². The Balaban J connectivity index is 2.10. The molecule has 1 fully saturated rings. The van der Waals surface area contributed by atoms with Gasteiger partial charge in [0.25, 0.3) is 0 Å². The van der Waals surface area contributed by atoms with Crippen LogP contribution in [0, 0.1) is 5.41 Å². The van der Waals surface area contributed by atoms with Crippen LogP contribution in [0.2, 0.25) is 0 Å². The average molecular weight is 308 g/mol. The smallest absolute Gasteiger partial charge is 0.194 e. The predicted octanol–water partition coefficient (Wildman–Crippen LogP) is 3.29. The molecule has 0 atom stereocenters. The van der Waals surface area contributed by atoms with E-state index in [0.717, 1.165) is 31.2 Å². The van der Waals surface area contributed by atoms with Crippen molar-refractivity contribution in [1.29, 1.82) is 0 Å². The molecule has 0 radical (unpaired) electrons. The second kappa shape index (κ2) is 5.95. The summed E-state index contributed by atoms with van der Waals surface area (Å²) in [6, 6.07) is 0. The Morgan fingerprint density at radius 3 is 2.57 bits per heavy atom. The number of likely N-dealkylation sites (tertiary alicyclic amines) is 1. The fourth-order valence-corrected chi connectivity index (χ4v) is 3.27. The van der Waals surface area contributed by atoms with Crippen molar-refractivity contribution >= 4 is 17.3 Å². The lowest BCUT2D eigenvalue weighted by atomic mass is 9.65. The van der Waals surface area contributed by atoms with Crippen molar-refractivity contribution in [2.24, 2.45) is 10.4 Å². The van der Waals surface area contributed by atoms with Crippen molar-refractivity contribution in [3.05, 3.63) is 16.1 Å². The summed E-state index contributed by atoms with van der Waals surface area (Å²) in [5.74, 6) is 1.01. The standard InChI is InChI=1S/C16H28N4S/c1-7-13-19-12(10-21-13)9-18-14(17-8-2)20-11-15(3,4)16(20,5)6/h10H,7-9,11H2,1-6H3,(H,17,18). The molecule has 118 valence electrons. The van der Waals surface area contributed by atoms with E-state index in [1.807, 2.05) is 0 Å². The highest BCUT2D eigenvalue weighted by Gasteiger charge is 2.53. The summed E-state index contributed by atoms with van der Waals surface area (Å²) in [6.07, 6.45) is 1.00. The summed E-state index contributed by atoms with van der Waals surface area (Å²) in [6.45, 7) is 16.1. The zero-order valence-corrected chi connectivity index (χ0v) is 15.0. The van der Waals surface area contributed by atoms with Crippen LogP contribution in [0.5, 0.6) is 0 Å². The van der Waals surface area contributed by atoms with E-state index in [0.29, 0.717) is 12.0 Å². The second-order valence-corrected chi connectivity index (χ2v) is 7.73. The SMILES string of the molecule is CCNC(=NCc1csc(CC)n1)N1CC(C)(C)C1(C)C. The zero-order chi connectivity index (χ0) is 15.7. The van der Waals surface area contributed by atoms with Gasteiger partial charge in [-0.05, 0) is 27.2 Å². The highest BCUT2D eigenvalue weighted by molar-refractivity contribution is 7.09. The van der Waals surface area contributed by atoms with E-state index in [2.05, 4.69) is 62.1 Å². The van der Waals surface area contributed by atoms with E-state index in [1.165, 1.54) is 5.01 Å². The molecule has 1 aliphatic rings. The molecule has 0 unspecified atom stereocenters. The second-order valence-electron chi connectivity index (χ2n) is 6.79. The number of guanidine groups is 1. The molecule has 1 aliphatic heterocycles. The molecule has 1 N–H and O–H groups in total. The number of aromatic nitrogens is 1. The third-order valence-electron chi connectivity index (χ3n) is 4.77. The van der Waals surface area contributed by atoms with Gasteiger partial charge in [0.2, 0.25) is 0 Å². The van der Waals surface area contributed by atoms with E-state index < -0.39 is 0 Å². The van der Waals surface area contributed by atoms with Crippen LogP contribution in [0.25, 0.3) is 0 Å². The van der Waals surface area contributed by atoms with Gasteiger partial charge in [0.1, 0.15) is 0 Å². The zero-order valence-electron chi connectivity index (χ0n) is 14.2. The van der Waals surface area contributed by atoms with Crippen LogP contribution >= 0.6 is 11.3 Å². The Bertz CT molecular complexity index is 516. The molecular weight excluding hydrogens is 280 g/mol. The Morgan fingerprint density at radius 2 is 2.10 bits per heavy atom. The van der Waals surface area contributed by atoms with Gasteiger partial charge >= 0.3 is 0 Å². The summed E-state index contributed by atoms with van der Waals surface area (Å²) in [7, 11) is 0. The summed E-state index contributed by atoms with van der Waals surface area (Å²) >= 11 is 1.73. The lowest BCUT2D eigenvalue weighted by Crippen LogP contribution is -2.72. The van der Waals surface area contributed by atoms with Crippen molar-refractivity contribution < 1.29 is 0 Å². The Labute approximate surface area is 132 Å². The molecule has 1 aromatic heterocycles. The van der Waals surface area contributed by atoms with E-state index in [4.69, 9.17) is 4.99 Å². The molecule has 0 aromatic carbocycles. The van der Waals surface area contributed by atoms with E-state index in [9.17, 15) is 0 Å². The number of nitrogens with one attached hydrogen (secondary N) is 1. The number of rotatable bonds is 4. The fraction of sp³-hybridized carbons (Fsp3) is 0.750. The molecule has 2 rings (SSSR count). The molecule has 0 amide bonds. The minimum absolute atomic E-state index is 0.130. The van der Waals surface area contributed by atoms with E-state index >= 15 is 0 Å². The topological polar surface area (TPSA) is 40.5 Å². The summed E-state index contributed by atoms with van der Waals surface area (Å²) < 4.78 is 0. The van der Waals surface area contributed by atoms with Gasteiger partial charge in [-0.1, -0.05) is 20.8 Å². The molecule has 21 heavy (non-hydrogen) atoms. The lowest BCUT2D eigenvalue weighted by Gasteiger charge is -2.62. The first-order valence-electron chi connectivity index (χ1n) is 7.81. The Hall–Kier alpha value is -1.10. The molecule has 0 saturated carbocycles. The van der Waals surface area contributed by atoms with Crippen LogP contribution in [0.4, 0.5) is 0 Å². The van der Waals surface area contributed by atoms with Crippen LogP contribution in [0.3, 0.4) is 0 Å². The molecule has 0 spiro atoms. The van der Waals surface area contributed by atoms with Crippen LogP contribution in [0.15, 0.2) is 10.4 Å². The average Bonchev–Trinajstić information content (AvgIpc) is 2.89. The number of nitrogens with zero attached hydrogens (tertiary/aromatic N) is 3. The first-order chi connectivity index (χ1) is 9.81. The molecule has 4 nitrogen and oxygen atoms in total. The summed E-state index contributed by atoms with van der Waals surface area (Å²) in [5, 5.41) is 6.73. The highest BCUT2D eigenvalue weighted by Crippen LogP contribution is 2.46. The molecule has 2 heterocycles. The Kier molecular flexibility index (Phi) is 4.61. The minimum atomic E-state index is 0.130. The van der Waals surface area contributed by atoms with Gasteiger partial charge in [0.05, 0.1) is 17.2 Å². The maximum absolute atomic E-state index is 4.79. The van der Waals surface area contributed by atoms with Crippen LogP contribution < -0.4 is 5.32 Å². The van der Waals surface area contributed by atoms with Gasteiger partial charge in [-0.2, -0.15) is 0 Å². The minimum Gasteiger partial charge on any atom is -0.356 e. The van der Waals surface area contributed by atoms with Crippen LogP contribution in [-0.4, -0.2) is 34.5 Å². The van der Waals surface area contributed by atoms with E-state index in [1.54, 1.807) is 11.3 Å². The number of hydrogen-bond donors (Lipinski definition) is 1. The van der Waals surface area contributed by atoms with Gasteiger partial charge in [-0.15, -0.1) is 11.3 Å². The van der Waals surface area contributed by atoms with Crippen LogP contribution in [-0.2, 0) is 13.0 Å². The van der Waals surface area contributed by atoms with Crippen molar-refractivity contribution in [3.63, 3.8) is 0 Å². The first kappa shape index (κ1) is 16.3. The first-order valence-corrected chi connectivity index (χ1v) is 8.69. The summed E-state index contributed by atoms with van der Waals surface area (Å²) in [4.78, 5) is 11.8. The molecule has 1 aromatic rings. The third kappa shape index (κ3) is 3.07. The molecule has 0 bridgehead atoms. The van der Waals surface area contributed by atoms with Gasteiger partial charge in [-0.3, -0.25) is 0 Å². The quantitative estimate of drug-likeness (QED) is 0.685. The number of hydrogen-bond acceptors (Lipinski definition) is 3.